The van der Waals surface area contributed by atoms with Crippen LogP contribution in [-0.2, 0) is 11.3 Å². The van der Waals surface area contributed by atoms with Crippen molar-refractivity contribution in [1.82, 2.24) is 9.88 Å². The Morgan fingerprint density at radius 1 is 1.03 bits per heavy atom. The molecule has 0 atom stereocenters. The number of nitrogens with zero attached hydrogens (tertiary/aromatic N) is 2. The van der Waals surface area contributed by atoms with Gasteiger partial charge in [-0.05, 0) is 42.8 Å². The summed E-state index contributed by atoms with van der Waals surface area (Å²) in [6, 6.07) is 9.60. The molecule has 36 heavy (non-hydrogen) atoms. The van der Waals surface area contributed by atoms with E-state index in [1.807, 2.05) is 0 Å². The zero-order valence-corrected chi connectivity index (χ0v) is 21.6. The van der Waals surface area contributed by atoms with E-state index in [2.05, 4.69) is 24.6 Å². The Labute approximate surface area is 209 Å². The first-order valence-electron chi connectivity index (χ1n) is 11.6. The van der Waals surface area contributed by atoms with Crippen molar-refractivity contribution in [3.63, 3.8) is 0 Å². The number of hydrogen-bond acceptors (Lipinski definition) is 7. The minimum absolute atomic E-state index is 0.0109. The molecular weight excluding hydrogens is 483 g/mol. The minimum atomic E-state index is -1.47. The zero-order chi connectivity index (χ0) is 26.0. The summed E-state index contributed by atoms with van der Waals surface area (Å²) in [4.78, 5) is 44.9. The maximum Gasteiger partial charge on any atom is 0.513 e. The lowest BCUT2D eigenvalue weighted by Crippen LogP contribution is -2.29. The van der Waals surface area contributed by atoms with Gasteiger partial charge < -0.3 is 14.2 Å². The molecule has 4 rings (SSSR count). The summed E-state index contributed by atoms with van der Waals surface area (Å²) >= 11 is 0. The van der Waals surface area contributed by atoms with Gasteiger partial charge >= 0.3 is 6.16 Å². The van der Waals surface area contributed by atoms with Gasteiger partial charge in [0.05, 0.1) is 19.8 Å². The number of rotatable bonds is 8. The van der Waals surface area contributed by atoms with E-state index in [1.165, 1.54) is 30.5 Å². The van der Waals surface area contributed by atoms with Gasteiger partial charge in [0, 0.05) is 19.7 Å². The molecule has 0 radical (unpaired) electrons. The van der Waals surface area contributed by atoms with Gasteiger partial charge in [-0.25, -0.2) is 9.18 Å². The van der Waals surface area contributed by atoms with E-state index in [0.29, 0.717) is 23.1 Å². The molecule has 2 aromatic carbocycles. The van der Waals surface area contributed by atoms with Crippen molar-refractivity contribution in [3.8, 4) is 11.5 Å². The summed E-state index contributed by atoms with van der Waals surface area (Å²) in [6.07, 6.45) is 0.528. The van der Waals surface area contributed by atoms with E-state index in [1.54, 1.807) is 19.1 Å². The number of hydrogen-bond donors (Lipinski definition) is 0. The van der Waals surface area contributed by atoms with Crippen molar-refractivity contribution in [1.29, 1.82) is 0 Å². The Bertz CT molecular complexity index is 1340. The predicted octanol–water partition coefficient (Wildman–Crippen LogP) is 5.42. The number of aromatic nitrogens is 1. The molecule has 0 fully saturated rings. The molecule has 0 unspecified atom stereocenters. The molecule has 1 aliphatic heterocycles. The normalized spacial score (nSPS) is 13.2. The van der Waals surface area contributed by atoms with Crippen LogP contribution in [0.5, 0.6) is 11.5 Å². The lowest BCUT2D eigenvalue weighted by atomic mass is 10.0. The standard InChI is InChI=1S/C26H27FN2O6Si/c1-5-33-26(32)35-22-18-7-6-12-28-21(18)23(34-13-14-36(2,3)4)20-19(22)24(30)29(25(20)31)15-16-8-10-17(27)11-9-16/h6-12H,5,13-15H2,1-4H3. The minimum Gasteiger partial charge on any atom is -0.491 e. The highest BCUT2D eigenvalue weighted by Crippen LogP contribution is 2.45. The van der Waals surface area contributed by atoms with Crippen molar-refractivity contribution < 1.29 is 33.0 Å². The van der Waals surface area contributed by atoms with Crippen LogP contribution in [0.1, 0.15) is 33.2 Å². The van der Waals surface area contributed by atoms with E-state index in [4.69, 9.17) is 14.2 Å². The van der Waals surface area contributed by atoms with E-state index >= 15 is 0 Å². The van der Waals surface area contributed by atoms with Gasteiger partial charge in [-0.15, -0.1) is 0 Å². The second-order valence-corrected chi connectivity index (χ2v) is 15.2. The lowest BCUT2D eigenvalue weighted by molar-refractivity contribution is 0.0640. The average molecular weight is 511 g/mol. The Balaban J connectivity index is 1.86. The highest BCUT2D eigenvalue weighted by Gasteiger charge is 2.43. The molecule has 1 aliphatic rings. The van der Waals surface area contributed by atoms with Crippen LogP contribution in [-0.4, -0.2) is 49.1 Å². The molecule has 10 heteroatoms. The maximum absolute atomic E-state index is 13.6. The van der Waals surface area contributed by atoms with E-state index < -0.39 is 31.9 Å². The summed E-state index contributed by atoms with van der Waals surface area (Å²) < 4.78 is 29.9. The van der Waals surface area contributed by atoms with Crippen LogP contribution in [0.4, 0.5) is 9.18 Å². The monoisotopic (exact) mass is 510 g/mol. The molecule has 0 spiro atoms. The summed E-state index contributed by atoms with van der Waals surface area (Å²) in [5, 5.41) is 0.345. The summed E-state index contributed by atoms with van der Waals surface area (Å²) in [5.41, 5.74) is 0.764. The number of ether oxygens (including phenoxy) is 3. The molecule has 8 nitrogen and oxygen atoms in total. The quantitative estimate of drug-likeness (QED) is 0.173. The first-order valence-corrected chi connectivity index (χ1v) is 15.3. The number of halogens is 1. The first-order chi connectivity index (χ1) is 17.1. The number of benzene rings is 2. The van der Waals surface area contributed by atoms with Crippen molar-refractivity contribution in [2.24, 2.45) is 0 Å². The third kappa shape index (κ3) is 5.08. The highest BCUT2D eigenvalue weighted by molar-refractivity contribution is 6.76. The number of fused-ring (bicyclic) bond motifs is 2. The Morgan fingerprint density at radius 2 is 1.69 bits per heavy atom. The van der Waals surface area contributed by atoms with Crippen LogP contribution < -0.4 is 9.47 Å². The molecule has 0 saturated heterocycles. The predicted molar refractivity (Wildman–Crippen MR) is 134 cm³/mol. The van der Waals surface area contributed by atoms with Crippen molar-refractivity contribution in [2.45, 2.75) is 39.2 Å². The van der Waals surface area contributed by atoms with Crippen molar-refractivity contribution in [2.75, 3.05) is 13.2 Å². The molecular formula is C26H27FN2O6Si. The third-order valence-corrected chi connectivity index (χ3v) is 7.39. The fourth-order valence-corrected chi connectivity index (χ4v) is 4.59. The number of amides is 2. The van der Waals surface area contributed by atoms with E-state index in [9.17, 15) is 18.8 Å². The average Bonchev–Trinajstić information content (AvgIpc) is 3.06. The summed E-state index contributed by atoms with van der Waals surface area (Å²) in [6.45, 7) is 8.54. The van der Waals surface area contributed by atoms with Crippen LogP contribution in [0, 0.1) is 5.82 Å². The summed E-state index contributed by atoms with van der Waals surface area (Å²) in [5.74, 6) is -1.62. The SMILES string of the molecule is CCOC(=O)Oc1c2c(c(OCC[Si](C)(C)C)c3ncccc13)C(=O)N(Cc1ccc(F)cc1)C2=O. The molecule has 188 valence electrons. The number of imide groups is 1. The fourth-order valence-electron chi connectivity index (χ4n) is 3.87. The van der Waals surface area contributed by atoms with Crippen LogP contribution in [0.3, 0.4) is 0 Å². The Morgan fingerprint density at radius 3 is 2.33 bits per heavy atom. The molecule has 1 aromatic heterocycles. The second-order valence-electron chi connectivity index (χ2n) is 9.57. The first kappa shape index (κ1) is 25.3. The zero-order valence-electron chi connectivity index (χ0n) is 20.6. The molecule has 2 heterocycles. The van der Waals surface area contributed by atoms with Crippen molar-refractivity contribution >= 4 is 36.9 Å². The van der Waals surface area contributed by atoms with Crippen LogP contribution in [0.2, 0.25) is 25.7 Å². The van der Waals surface area contributed by atoms with Gasteiger partial charge in [0.2, 0.25) is 0 Å². The molecule has 2 amide bonds. The highest BCUT2D eigenvalue weighted by atomic mass is 28.3. The van der Waals surface area contributed by atoms with Gasteiger partial charge in [0.1, 0.15) is 22.5 Å². The maximum atomic E-state index is 13.6. The van der Waals surface area contributed by atoms with Gasteiger partial charge in [-0.2, -0.15) is 0 Å². The number of carbonyl (C=O) groups excluding carboxylic acids is 3. The molecule has 3 aromatic rings. The summed E-state index contributed by atoms with van der Waals surface area (Å²) in [7, 11) is -1.47. The van der Waals surface area contributed by atoms with Crippen LogP contribution >= 0.6 is 0 Å². The molecule has 0 N–H and O–H groups in total. The third-order valence-electron chi connectivity index (χ3n) is 5.69. The molecule has 0 bridgehead atoms. The number of carbonyl (C=O) groups is 3. The van der Waals surface area contributed by atoms with Crippen LogP contribution in [0.15, 0.2) is 42.6 Å². The molecule has 0 aliphatic carbocycles. The Kier molecular flexibility index (Phi) is 7.07. The van der Waals surface area contributed by atoms with Crippen molar-refractivity contribution in [3.05, 3.63) is 65.1 Å². The second kappa shape index (κ2) is 10.1. The van der Waals surface area contributed by atoms with Gasteiger partial charge in [0.25, 0.3) is 11.8 Å². The molecule has 0 saturated carbocycles. The smallest absolute Gasteiger partial charge is 0.491 e. The lowest BCUT2D eigenvalue weighted by Gasteiger charge is -2.19. The number of pyridine rings is 1. The van der Waals surface area contributed by atoms with Gasteiger partial charge in [-0.3, -0.25) is 19.5 Å². The fraction of sp³-hybridized carbons (Fsp3) is 0.308. The van der Waals surface area contributed by atoms with Crippen LogP contribution in [0.25, 0.3) is 10.9 Å². The van der Waals surface area contributed by atoms with E-state index in [0.717, 1.165) is 10.9 Å². The Hall–Kier alpha value is -3.79. The largest absolute Gasteiger partial charge is 0.513 e. The van der Waals surface area contributed by atoms with Gasteiger partial charge in [-0.1, -0.05) is 31.8 Å². The van der Waals surface area contributed by atoms with Gasteiger partial charge in [0.15, 0.2) is 11.5 Å². The topological polar surface area (TPSA) is 95.0 Å². The van der Waals surface area contributed by atoms with E-state index in [-0.39, 0.29) is 35.8 Å².